The van der Waals surface area contributed by atoms with Gasteiger partial charge in [-0.2, -0.15) is 0 Å². The van der Waals surface area contributed by atoms with Crippen LogP contribution in [0, 0.1) is 5.92 Å². The number of benzene rings is 1. The second-order valence-electron chi connectivity index (χ2n) is 5.58. The number of carboxylic acid groups (broad SMARTS) is 1. The van der Waals surface area contributed by atoms with E-state index >= 15 is 0 Å². The summed E-state index contributed by atoms with van der Waals surface area (Å²) in [7, 11) is 5.70. The predicted octanol–water partition coefficient (Wildman–Crippen LogP) is 3.66. The minimum Gasteiger partial charge on any atom is -0.478 e. The number of rotatable bonds is 7. The second kappa shape index (κ2) is 8.39. The molecule has 0 amide bonds. The standard InChI is InChI=1S/C18H25NO3/c1-13(6-11-17(20)21)12-14(2)18(22-5)15-7-9-16(10-8-15)19(3)4/h6-12,14,18H,1-5H3,(H,20,21)/b11-6+,13-12+/t14-,18?/m1/s1. The van der Waals surface area contributed by atoms with Gasteiger partial charge in [-0.25, -0.2) is 4.79 Å². The Kier molecular flexibility index (Phi) is 6.86. The summed E-state index contributed by atoms with van der Waals surface area (Å²) in [5, 5.41) is 8.66. The maximum Gasteiger partial charge on any atom is 0.328 e. The molecule has 0 saturated heterocycles. The first-order valence-corrected chi connectivity index (χ1v) is 7.24. The fourth-order valence-corrected chi connectivity index (χ4v) is 2.38. The van der Waals surface area contributed by atoms with E-state index in [-0.39, 0.29) is 12.0 Å². The quantitative estimate of drug-likeness (QED) is 0.617. The topological polar surface area (TPSA) is 49.8 Å². The summed E-state index contributed by atoms with van der Waals surface area (Å²) in [5.41, 5.74) is 3.15. The molecule has 120 valence electrons. The fraction of sp³-hybridized carbons (Fsp3) is 0.389. The molecular formula is C18H25NO3. The summed E-state index contributed by atoms with van der Waals surface area (Å²) in [6.07, 6.45) is 4.70. The largest absolute Gasteiger partial charge is 0.478 e. The molecule has 4 nitrogen and oxygen atoms in total. The summed E-state index contributed by atoms with van der Waals surface area (Å²) in [6, 6.07) is 8.26. The van der Waals surface area contributed by atoms with E-state index in [0.29, 0.717) is 0 Å². The molecule has 0 heterocycles. The minimum atomic E-state index is -0.942. The number of nitrogens with zero attached hydrogens (tertiary/aromatic N) is 1. The zero-order valence-electron chi connectivity index (χ0n) is 13.9. The number of anilines is 1. The summed E-state index contributed by atoms with van der Waals surface area (Å²) in [4.78, 5) is 12.6. The van der Waals surface area contributed by atoms with Gasteiger partial charge in [0.1, 0.15) is 0 Å². The first-order chi connectivity index (χ1) is 10.3. The average Bonchev–Trinajstić information content (AvgIpc) is 2.46. The van der Waals surface area contributed by atoms with Crippen LogP contribution >= 0.6 is 0 Å². The number of carbonyl (C=O) groups is 1. The maximum atomic E-state index is 10.5. The van der Waals surface area contributed by atoms with Gasteiger partial charge in [0.2, 0.25) is 0 Å². The van der Waals surface area contributed by atoms with E-state index in [1.807, 2.05) is 27.1 Å². The molecule has 22 heavy (non-hydrogen) atoms. The van der Waals surface area contributed by atoms with Gasteiger partial charge in [0.15, 0.2) is 0 Å². The Balaban J connectivity index is 2.90. The van der Waals surface area contributed by atoms with E-state index in [9.17, 15) is 4.79 Å². The molecule has 2 atom stereocenters. The highest BCUT2D eigenvalue weighted by molar-refractivity contribution is 5.80. The maximum absolute atomic E-state index is 10.5. The third kappa shape index (κ3) is 5.37. The summed E-state index contributed by atoms with van der Waals surface area (Å²) in [6.45, 7) is 3.95. The zero-order chi connectivity index (χ0) is 16.7. The Morgan fingerprint density at radius 2 is 1.82 bits per heavy atom. The molecule has 1 aromatic carbocycles. The molecule has 0 saturated carbocycles. The summed E-state index contributed by atoms with van der Waals surface area (Å²) in [5.74, 6) is -0.809. The van der Waals surface area contributed by atoms with Crippen molar-refractivity contribution < 1.29 is 14.6 Å². The van der Waals surface area contributed by atoms with E-state index in [2.05, 4.69) is 36.1 Å². The average molecular weight is 303 g/mol. The molecule has 0 bridgehead atoms. The van der Waals surface area contributed by atoms with E-state index in [1.165, 1.54) is 0 Å². The Bertz CT molecular complexity index is 544. The van der Waals surface area contributed by atoms with Crippen molar-refractivity contribution in [2.75, 3.05) is 26.1 Å². The fourth-order valence-electron chi connectivity index (χ4n) is 2.38. The van der Waals surface area contributed by atoms with Gasteiger partial charge in [-0.15, -0.1) is 0 Å². The highest BCUT2D eigenvalue weighted by atomic mass is 16.5. The number of ether oxygens (including phenoxy) is 1. The van der Waals surface area contributed by atoms with Crippen LogP contribution in [0.15, 0.2) is 48.1 Å². The third-order valence-corrected chi connectivity index (χ3v) is 3.48. The van der Waals surface area contributed by atoms with Crippen molar-refractivity contribution in [1.29, 1.82) is 0 Å². The molecular weight excluding hydrogens is 278 g/mol. The first kappa shape index (κ1) is 18.0. The van der Waals surface area contributed by atoms with Gasteiger partial charge in [-0.1, -0.05) is 36.8 Å². The Hall–Kier alpha value is -2.07. The molecule has 0 spiro atoms. The van der Waals surface area contributed by atoms with Crippen LogP contribution in [0.3, 0.4) is 0 Å². The number of aliphatic carboxylic acids is 1. The lowest BCUT2D eigenvalue weighted by molar-refractivity contribution is -0.131. The van der Waals surface area contributed by atoms with Crippen LogP contribution in [0.5, 0.6) is 0 Å². The smallest absolute Gasteiger partial charge is 0.328 e. The van der Waals surface area contributed by atoms with Crippen LogP contribution in [-0.2, 0) is 9.53 Å². The van der Waals surface area contributed by atoms with Crippen LogP contribution in [0.25, 0.3) is 0 Å². The molecule has 0 aliphatic carbocycles. The lowest BCUT2D eigenvalue weighted by Gasteiger charge is -2.22. The van der Waals surface area contributed by atoms with Gasteiger partial charge >= 0.3 is 5.97 Å². The van der Waals surface area contributed by atoms with Crippen molar-refractivity contribution >= 4 is 11.7 Å². The van der Waals surface area contributed by atoms with Gasteiger partial charge in [0.05, 0.1) is 6.10 Å². The third-order valence-electron chi connectivity index (χ3n) is 3.48. The van der Waals surface area contributed by atoms with E-state index in [1.54, 1.807) is 13.2 Å². The van der Waals surface area contributed by atoms with Gasteiger partial charge in [0, 0.05) is 38.9 Å². The molecule has 1 unspecified atom stereocenters. The van der Waals surface area contributed by atoms with Crippen molar-refractivity contribution in [3.8, 4) is 0 Å². The van der Waals surface area contributed by atoms with Crippen molar-refractivity contribution in [3.05, 3.63) is 53.6 Å². The van der Waals surface area contributed by atoms with Gasteiger partial charge in [-0.05, 0) is 24.6 Å². The number of carboxylic acids is 1. The summed E-state index contributed by atoms with van der Waals surface area (Å²) >= 11 is 0. The predicted molar refractivity (Wildman–Crippen MR) is 90.2 cm³/mol. The number of methoxy groups -OCH3 is 1. The molecule has 0 aliphatic rings. The molecule has 4 heteroatoms. The number of allylic oxidation sites excluding steroid dienone is 2. The zero-order valence-corrected chi connectivity index (χ0v) is 13.9. The van der Waals surface area contributed by atoms with Crippen LogP contribution in [0.4, 0.5) is 5.69 Å². The molecule has 0 aliphatic heterocycles. The van der Waals surface area contributed by atoms with Crippen LogP contribution < -0.4 is 4.90 Å². The minimum absolute atomic E-state index is 0.0654. The van der Waals surface area contributed by atoms with Crippen LogP contribution in [-0.4, -0.2) is 32.3 Å². The normalized spacial score (nSPS) is 14.9. The van der Waals surface area contributed by atoms with Gasteiger partial charge in [0.25, 0.3) is 0 Å². The Labute approximate surface area is 132 Å². The van der Waals surface area contributed by atoms with Crippen molar-refractivity contribution in [2.24, 2.45) is 5.92 Å². The van der Waals surface area contributed by atoms with E-state index in [4.69, 9.17) is 9.84 Å². The van der Waals surface area contributed by atoms with Crippen LogP contribution in [0.2, 0.25) is 0 Å². The van der Waals surface area contributed by atoms with Crippen molar-refractivity contribution in [3.63, 3.8) is 0 Å². The monoisotopic (exact) mass is 303 g/mol. The van der Waals surface area contributed by atoms with E-state index in [0.717, 1.165) is 22.9 Å². The molecule has 1 aromatic rings. The Morgan fingerprint density at radius 3 is 2.27 bits per heavy atom. The highest BCUT2D eigenvalue weighted by Crippen LogP contribution is 2.28. The van der Waals surface area contributed by atoms with Gasteiger partial charge < -0.3 is 14.7 Å². The van der Waals surface area contributed by atoms with Crippen molar-refractivity contribution in [1.82, 2.24) is 0 Å². The molecule has 1 rings (SSSR count). The van der Waals surface area contributed by atoms with Crippen LogP contribution in [0.1, 0.15) is 25.5 Å². The molecule has 0 fully saturated rings. The number of hydrogen-bond donors (Lipinski definition) is 1. The van der Waals surface area contributed by atoms with E-state index < -0.39 is 5.97 Å². The Morgan fingerprint density at radius 1 is 1.23 bits per heavy atom. The first-order valence-electron chi connectivity index (χ1n) is 7.24. The second-order valence-corrected chi connectivity index (χ2v) is 5.58. The molecule has 0 aromatic heterocycles. The summed E-state index contributed by atoms with van der Waals surface area (Å²) < 4.78 is 5.63. The lowest BCUT2D eigenvalue weighted by Crippen LogP contribution is -2.12. The van der Waals surface area contributed by atoms with Gasteiger partial charge in [-0.3, -0.25) is 0 Å². The number of hydrogen-bond acceptors (Lipinski definition) is 3. The molecule has 1 N–H and O–H groups in total. The highest BCUT2D eigenvalue weighted by Gasteiger charge is 2.17. The SMILES string of the molecule is COC(c1ccc(N(C)C)cc1)[C@H](C)/C=C(C)/C=C/C(=O)O. The van der Waals surface area contributed by atoms with Crippen molar-refractivity contribution in [2.45, 2.75) is 20.0 Å². The lowest BCUT2D eigenvalue weighted by atomic mass is 9.95. The molecule has 0 radical (unpaired) electrons.